The van der Waals surface area contributed by atoms with Crippen LogP contribution in [0.25, 0.3) is 0 Å². The largest absolute Gasteiger partial charge is 0.326 e. The average molecular weight is 322 g/mol. The van der Waals surface area contributed by atoms with Gasteiger partial charge in [0.25, 0.3) is 5.91 Å². The Morgan fingerprint density at radius 1 is 1.09 bits per heavy atom. The van der Waals surface area contributed by atoms with E-state index in [9.17, 15) is 14.4 Å². The van der Waals surface area contributed by atoms with Gasteiger partial charge in [-0.05, 0) is 42.9 Å². The Morgan fingerprint density at radius 2 is 1.73 bits per heavy atom. The van der Waals surface area contributed by atoms with Gasteiger partial charge in [0.1, 0.15) is 0 Å². The molecule has 0 unspecified atom stereocenters. The first-order valence-electron chi connectivity index (χ1n) is 6.70. The van der Waals surface area contributed by atoms with Crippen molar-refractivity contribution in [2.75, 3.05) is 5.32 Å². The molecule has 22 heavy (non-hydrogen) atoms. The Kier molecular flexibility index (Phi) is 6.97. The summed E-state index contributed by atoms with van der Waals surface area (Å²) in [7, 11) is 0. The maximum atomic E-state index is 11.9. The van der Waals surface area contributed by atoms with Crippen molar-refractivity contribution in [1.82, 2.24) is 16.2 Å². The van der Waals surface area contributed by atoms with Crippen LogP contribution in [0.3, 0.4) is 0 Å². The second kappa shape index (κ2) is 8.73. The number of benzene rings is 1. The Morgan fingerprint density at radius 3 is 2.27 bits per heavy atom. The third kappa shape index (κ3) is 6.31. The topological polar surface area (TPSA) is 99.3 Å². The molecule has 0 bridgehead atoms. The molecule has 118 valence electrons. The molecule has 0 spiro atoms. The lowest BCUT2D eigenvalue weighted by Crippen LogP contribution is -2.48. The number of hydrogen-bond acceptors (Lipinski definition) is 4. The molecule has 0 aromatic heterocycles. The van der Waals surface area contributed by atoms with E-state index in [-0.39, 0.29) is 16.9 Å². The molecule has 0 saturated heterocycles. The molecule has 1 aromatic carbocycles. The number of nitrogens with one attached hydrogen (secondary N) is 4. The summed E-state index contributed by atoms with van der Waals surface area (Å²) in [5.41, 5.74) is 5.80. The summed E-state index contributed by atoms with van der Waals surface area (Å²) in [6.45, 7) is 3.28. The van der Waals surface area contributed by atoms with Crippen molar-refractivity contribution in [2.24, 2.45) is 0 Å². The number of carbonyl (C=O) groups is 3. The van der Waals surface area contributed by atoms with Crippen LogP contribution in [0.15, 0.2) is 24.3 Å². The van der Waals surface area contributed by atoms with Crippen LogP contribution in [0.5, 0.6) is 0 Å². The molecule has 0 radical (unpaired) electrons. The highest BCUT2D eigenvalue weighted by Crippen LogP contribution is 2.09. The van der Waals surface area contributed by atoms with Gasteiger partial charge in [-0.25, -0.2) is 0 Å². The van der Waals surface area contributed by atoms with Gasteiger partial charge in [-0.15, -0.1) is 0 Å². The minimum absolute atomic E-state index is 0.0293. The highest BCUT2D eigenvalue weighted by molar-refractivity contribution is 7.80. The Labute approximate surface area is 133 Å². The van der Waals surface area contributed by atoms with Crippen LogP contribution >= 0.6 is 12.2 Å². The molecule has 0 aliphatic rings. The maximum absolute atomic E-state index is 11.9. The van der Waals surface area contributed by atoms with Crippen molar-refractivity contribution in [3.63, 3.8) is 0 Å². The summed E-state index contributed by atoms with van der Waals surface area (Å²) in [4.78, 5) is 34.1. The average Bonchev–Trinajstić information content (AvgIpc) is 2.45. The zero-order valence-electron chi connectivity index (χ0n) is 12.4. The van der Waals surface area contributed by atoms with E-state index in [1.54, 1.807) is 24.3 Å². The van der Waals surface area contributed by atoms with Gasteiger partial charge in [0, 0.05) is 24.6 Å². The van der Waals surface area contributed by atoms with E-state index in [4.69, 9.17) is 12.2 Å². The van der Waals surface area contributed by atoms with E-state index in [1.165, 1.54) is 6.92 Å². The molecule has 1 aromatic rings. The van der Waals surface area contributed by atoms with E-state index in [0.29, 0.717) is 24.1 Å². The standard InChI is InChI=1S/C14H18N4O3S/c1-3-4-12(20)16-14(22)18-17-13(21)10-5-7-11(8-6-10)15-9(2)19/h5-8H,3-4H2,1-2H3,(H,15,19)(H,17,21)(H2,16,18,20,22). The summed E-state index contributed by atoms with van der Waals surface area (Å²) < 4.78 is 0. The summed E-state index contributed by atoms with van der Waals surface area (Å²) >= 11 is 4.88. The van der Waals surface area contributed by atoms with Crippen molar-refractivity contribution >= 4 is 40.7 Å². The zero-order chi connectivity index (χ0) is 16.5. The highest BCUT2D eigenvalue weighted by atomic mass is 32.1. The summed E-state index contributed by atoms with van der Waals surface area (Å²) in [5.74, 6) is -0.817. The first-order valence-corrected chi connectivity index (χ1v) is 7.11. The van der Waals surface area contributed by atoms with Gasteiger partial charge in [-0.2, -0.15) is 0 Å². The first-order chi connectivity index (χ1) is 10.4. The van der Waals surface area contributed by atoms with Gasteiger partial charge < -0.3 is 10.6 Å². The van der Waals surface area contributed by atoms with Crippen molar-refractivity contribution in [1.29, 1.82) is 0 Å². The molecular weight excluding hydrogens is 304 g/mol. The van der Waals surface area contributed by atoms with E-state index in [2.05, 4.69) is 21.5 Å². The van der Waals surface area contributed by atoms with E-state index in [1.807, 2.05) is 6.92 Å². The molecule has 3 amide bonds. The second-order valence-electron chi connectivity index (χ2n) is 4.46. The van der Waals surface area contributed by atoms with Crippen molar-refractivity contribution < 1.29 is 14.4 Å². The van der Waals surface area contributed by atoms with E-state index in [0.717, 1.165) is 0 Å². The third-order valence-electron chi connectivity index (χ3n) is 2.49. The number of amides is 3. The smallest absolute Gasteiger partial charge is 0.269 e. The van der Waals surface area contributed by atoms with Gasteiger partial charge in [0.2, 0.25) is 11.8 Å². The maximum Gasteiger partial charge on any atom is 0.269 e. The summed E-state index contributed by atoms with van der Waals surface area (Å²) in [6.07, 6.45) is 1.07. The summed E-state index contributed by atoms with van der Waals surface area (Å²) in [5, 5.41) is 5.07. The van der Waals surface area contributed by atoms with Crippen LogP contribution in [0.2, 0.25) is 0 Å². The van der Waals surface area contributed by atoms with E-state index < -0.39 is 5.91 Å². The summed E-state index contributed by atoms with van der Waals surface area (Å²) in [6, 6.07) is 6.33. The monoisotopic (exact) mass is 322 g/mol. The van der Waals surface area contributed by atoms with Gasteiger partial charge >= 0.3 is 0 Å². The number of carbonyl (C=O) groups excluding carboxylic acids is 3. The van der Waals surface area contributed by atoms with Crippen LogP contribution in [0.4, 0.5) is 5.69 Å². The van der Waals surface area contributed by atoms with Crippen molar-refractivity contribution in [3.8, 4) is 0 Å². The van der Waals surface area contributed by atoms with Crippen LogP contribution in [0.1, 0.15) is 37.0 Å². The Balaban J connectivity index is 2.46. The minimum Gasteiger partial charge on any atom is -0.326 e. The quantitative estimate of drug-likeness (QED) is 0.491. The number of rotatable bonds is 4. The van der Waals surface area contributed by atoms with Gasteiger partial charge in [-0.1, -0.05) is 6.92 Å². The zero-order valence-corrected chi connectivity index (χ0v) is 13.2. The van der Waals surface area contributed by atoms with E-state index >= 15 is 0 Å². The normalized spacial score (nSPS) is 9.55. The molecule has 1 rings (SSSR count). The third-order valence-corrected chi connectivity index (χ3v) is 2.69. The molecule has 0 atom stereocenters. The minimum atomic E-state index is -0.415. The van der Waals surface area contributed by atoms with Gasteiger partial charge in [0.05, 0.1) is 0 Å². The van der Waals surface area contributed by atoms with Gasteiger partial charge in [0.15, 0.2) is 5.11 Å². The molecule has 8 heteroatoms. The molecule has 0 aliphatic carbocycles. The lowest BCUT2D eigenvalue weighted by atomic mass is 10.2. The number of thiocarbonyl (C=S) groups is 1. The molecule has 4 N–H and O–H groups in total. The van der Waals surface area contributed by atoms with Crippen LogP contribution in [-0.4, -0.2) is 22.8 Å². The fourth-order valence-electron chi connectivity index (χ4n) is 1.54. The molecule has 7 nitrogen and oxygen atoms in total. The second-order valence-corrected chi connectivity index (χ2v) is 4.87. The van der Waals surface area contributed by atoms with Crippen LogP contribution < -0.4 is 21.5 Å². The lowest BCUT2D eigenvalue weighted by Gasteiger charge is -2.10. The van der Waals surface area contributed by atoms with Crippen LogP contribution in [0, 0.1) is 0 Å². The molecule has 0 fully saturated rings. The molecule has 0 aliphatic heterocycles. The Bertz CT molecular complexity index is 572. The Hall–Kier alpha value is -2.48. The number of hydrazine groups is 1. The SMILES string of the molecule is CCCC(=O)NC(=S)NNC(=O)c1ccc(NC(C)=O)cc1. The fraction of sp³-hybridized carbons (Fsp3) is 0.286. The predicted molar refractivity (Wildman–Crippen MR) is 87.0 cm³/mol. The molecular formula is C14H18N4O3S. The molecule has 0 saturated carbocycles. The lowest BCUT2D eigenvalue weighted by molar-refractivity contribution is -0.119. The van der Waals surface area contributed by atoms with Crippen molar-refractivity contribution in [3.05, 3.63) is 29.8 Å². The fourth-order valence-corrected chi connectivity index (χ4v) is 1.71. The predicted octanol–water partition coefficient (Wildman–Crippen LogP) is 1.08. The number of hydrogen-bond donors (Lipinski definition) is 4. The highest BCUT2D eigenvalue weighted by Gasteiger charge is 2.07. The van der Waals surface area contributed by atoms with Crippen molar-refractivity contribution in [2.45, 2.75) is 26.7 Å². The van der Waals surface area contributed by atoms with Gasteiger partial charge in [-0.3, -0.25) is 25.2 Å². The first kappa shape index (κ1) is 17.6. The number of anilines is 1. The molecule has 0 heterocycles. The van der Waals surface area contributed by atoms with Crippen LogP contribution in [-0.2, 0) is 9.59 Å².